The van der Waals surface area contributed by atoms with E-state index in [1.165, 1.54) is 18.4 Å². The van der Waals surface area contributed by atoms with Gasteiger partial charge in [0.1, 0.15) is 5.82 Å². The molecule has 0 atom stereocenters. The molecule has 4 rings (SSSR count). The van der Waals surface area contributed by atoms with Crippen molar-refractivity contribution in [1.82, 2.24) is 15.0 Å². The third-order valence-corrected chi connectivity index (χ3v) is 4.62. The summed E-state index contributed by atoms with van der Waals surface area (Å²) in [5.41, 5.74) is 4.29. The summed E-state index contributed by atoms with van der Waals surface area (Å²) in [6, 6.07) is 14.9. The fourth-order valence-electron chi connectivity index (χ4n) is 2.85. The van der Waals surface area contributed by atoms with E-state index in [0.29, 0.717) is 12.0 Å². The SMILES string of the molecule is CC(C)(C)c1ccc(Nc2cc(-c3cccnc3)nc(NC3CC3)n2)cc1. The largest absolute Gasteiger partial charge is 0.351 e. The minimum atomic E-state index is 0.141. The van der Waals surface area contributed by atoms with Gasteiger partial charge in [-0.2, -0.15) is 4.98 Å². The van der Waals surface area contributed by atoms with E-state index >= 15 is 0 Å². The predicted molar refractivity (Wildman–Crippen MR) is 110 cm³/mol. The standard InChI is InChI=1S/C22H25N5/c1-22(2,3)16-6-8-17(9-7-16)24-20-13-19(15-5-4-12-23-14-15)26-21(27-20)25-18-10-11-18/h4-9,12-14,18H,10-11H2,1-3H3,(H2,24,25,26,27). The lowest BCUT2D eigenvalue weighted by molar-refractivity contribution is 0.590. The second-order valence-corrected chi connectivity index (χ2v) is 8.07. The van der Waals surface area contributed by atoms with Crippen LogP contribution >= 0.6 is 0 Å². The Labute approximate surface area is 160 Å². The van der Waals surface area contributed by atoms with Gasteiger partial charge >= 0.3 is 0 Å². The smallest absolute Gasteiger partial charge is 0.225 e. The van der Waals surface area contributed by atoms with E-state index in [2.05, 4.69) is 70.6 Å². The van der Waals surface area contributed by atoms with Crippen LogP contribution in [-0.2, 0) is 5.41 Å². The van der Waals surface area contributed by atoms with Crippen LogP contribution in [0.2, 0.25) is 0 Å². The summed E-state index contributed by atoms with van der Waals surface area (Å²) in [5.74, 6) is 1.43. The predicted octanol–water partition coefficient (Wildman–Crippen LogP) is 5.15. The first-order chi connectivity index (χ1) is 13.0. The molecule has 0 spiro atoms. The molecule has 0 aliphatic heterocycles. The highest BCUT2D eigenvalue weighted by Crippen LogP contribution is 2.28. The monoisotopic (exact) mass is 359 g/mol. The number of rotatable bonds is 5. The van der Waals surface area contributed by atoms with Gasteiger partial charge in [0.05, 0.1) is 5.69 Å². The van der Waals surface area contributed by atoms with Gasteiger partial charge in [0.2, 0.25) is 5.95 Å². The van der Waals surface area contributed by atoms with E-state index in [1.54, 1.807) is 6.20 Å². The lowest BCUT2D eigenvalue weighted by Crippen LogP contribution is -2.10. The Morgan fingerprint density at radius 2 is 1.78 bits per heavy atom. The summed E-state index contributed by atoms with van der Waals surface area (Å²) in [7, 11) is 0. The van der Waals surface area contributed by atoms with Gasteiger partial charge in [0, 0.05) is 35.8 Å². The third-order valence-electron chi connectivity index (χ3n) is 4.62. The van der Waals surface area contributed by atoms with Crippen molar-refractivity contribution in [1.29, 1.82) is 0 Å². The number of benzene rings is 1. The molecule has 2 heterocycles. The number of hydrogen-bond acceptors (Lipinski definition) is 5. The maximum absolute atomic E-state index is 4.67. The number of aromatic nitrogens is 3. The number of nitrogens with zero attached hydrogens (tertiary/aromatic N) is 3. The molecule has 1 aliphatic carbocycles. The van der Waals surface area contributed by atoms with Crippen LogP contribution in [-0.4, -0.2) is 21.0 Å². The molecule has 0 bridgehead atoms. The summed E-state index contributed by atoms with van der Waals surface area (Å²) >= 11 is 0. The molecule has 138 valence electrons. The summed E-state index contributed by atoms with van der Waals surface area (Å²) in [5, 5.41) is 6.81. The van der Waals surface area contributed by atoms with Gasteiger partial charge in [-0.1, -0.05) is 32.9 Å². The first-order valence-electron chi connectivity index (χ1n) is 9.41. The maximum atomic E-state index is 4.67. The molecule has 2 aromatic heterocycles. The molecule has 1 aliphatic rings. The molecule has 27 heavy (non-hydrogen) atoms. The van der Waals surface area contributed by atoms with Crippen molar-refractivity contribution >= 4 is 17.5 Å². The number of nitrogens with one attached hydrogen (secondary N) is 2. The molecule has 0 unspecified atom stereocenters. The summed E-state index contributed by atoms with van der Waals surface area (Å²) in [4.78, 5) is 13.5. The Morgan fingerprint density at radius 1 is 1.00 bits per heavy atom. The summed E-state index contributed by atoms with van der Waals surface area (Å²) < 4.78 is 0. The van der Waals surface area contributed by atoms with Crippen LogP contribution in [0.25, 0.3) is 11.3 Å². The first-order valence-corrected chi connectivity index (χ1v) is 9.41. The van der Waals surface area contributed by atoms with Crippen molar-refractivity contribution in [3.8, 4) is 11.3 Å². The zero-order chi connectivity index (χ0) is 18.9. The second-order valence-electron chi connectivity index (χ2n) is 8.07. The molecule has 1 aromatic carbocycles. The van der Waals surface area contributed by atoms with Crippen molar-refractivity contribution in [3.05, 3.63) is 60.4 Å². The van der Waals surface area contributed by atoms with E-state index in [-0.39, 0.29) is 5.41 Å². The van der Waals surface area contributed by atoms with Crippen molar-refractivity contribution < 1.29 is 0 Å². The Bertz CT molecular complexity index is 910. The van der Waals surface area contributed by atoms with Crippen molar-refractivity contribution in [2.45, 2.75) is 45.1 Å². The van der Waals surface area contributed by atoms with Crippen LogP contribution in [0.4, 0.5) is 17.5 Å². The van der Waals surface area contributed by atoms with Crippen LogP contribution in [0.3, 0.4) is 0 Å². The highest BCUT2D eigenvalue weighted by molar-refractivity contribution is 5.67. The van der Waals surface area contributed by atoms with Gasteiger partial charge < -0.3 is 10.6 Å². The van der Waals surface area contributed by atoms with Crippen LogP contribution in [0.1, 0.15) is 39.2 Å². The average Bonchev–Trinajstić information content (AvgIpc) is 3.46. The zero-order valence-corrected chi connectivity index (χ0v) is 16.0. The number of pyridine rings is 1. The fraction of sp³-hybridized carbons (Fsp3) is 0.318. The van der Waals surface area contributed by atoms with Crippen molar-refractivity contribution in [2.75, 3.05) is 10.6 Å². The molecule has 0 radical (unpaired) electrons. The first kappa shape index (κ1) is 17.5. The van der Waals surface area contributed by atoms with E-state index in [9.17, 15) is 0 Å². The summed E-state index contributed by atoms with van der Waals surface area (Å²) in [6.07, 6.45) is 5.95. The van der Waals surface area contributed by atoms with Gasteiger partial charge in [-0.05, 0) is 48.1 Å². The fourth-order valence-corrected chi connectivity index (χ4v) is 2.85. The van der Waals surface area contributed by atoms with Crippen LogP contribution in [0, 0.1) is 0 Å². The quantitative estimate of drug-likeness (QED) is 0.659. The topological polar surface area (TPSA) is 62.7 Å². The Morgan fingerprint density at radius 3 is 2.41 bits per heavy atom. The average molecular weight is 359 g/mol. The normalized spacial score (nSPS) is 14.0. The Balaban J connectivity index is 1.63. The van der Waals surface area contributed by atoms with E-state index in [1.807, 2.05) is 24.4 Å². The van der Waals surface area contributed by atoms with Gasteiger partial charge in [0.25, 0.3) is 0 Å². The molecule has 1 saturated carbocycles. The molecule has 2 N–H and O–H groups in total. The maximum Gasteiger partial charge on any atom is 0.225 e. The highest BCUT2D eigenvalue weighted by atomic mass is 15.2. The Kier molecular flexibility index (Phi) is 4.52. The van der Waals surface area contributed by atoms with Gasteiger partial charge in [0.15, 0.2) is 0 Å². The molecule has 3 aromatic rings. The van der Waals surface area contributed by atoms with E-state index < -0.39 is 0 Å². The van der Waals surface area contributed by atoms with Crippen LogP contribution in [0.15, 0.2) is 54.9 Å². The van der Waals surface area contributed by atoms with E-state index in [4.69, 9.17) is 0 Å². The highest BCUT2D eigenvalue weighted by Gasteiger charge is 2.22. The van der Waals surface area contributed by atoms with E-state index in [0.717, 1.165) is 22.8 Å². The van der Waals surface area contributed by atoms with Crippen LogP contribution < -0.4 is 10.6 Å². The van der Waals surface area contributed by atoms with Gasteiger partial charge in [-0.3, -0.25) is 4.98 Å². The van der Waals surface area contributed by atoms with Crippen molar-refractivity contribution in [2.24, 2.45) is 0 Å². The lowest BCUT2D eigenvalue weighted by atomic mass is 9.87. The molecular weight excluding hydrogens is 334 g/mol. The number of hydrogen-bond donors (Lipinski definition) is 2. The minimum Gasteiger partial charge on any atom is -0.351 e. The molecule has 5 nitrogen and oxygen atoms in total. The van der Waals surface area contributed by atoms with Crippen molar-refractivity contribution in [3.63, 3.8) is 0 Å². The molecular formula is C22H25N5. The second kappa shape index (κ2) is 6.99. The van der Waals surface area contributed by atoms with Crippen LogP contribution in [0.5, 0.6) is 0 Å². The lowest BCUT2D eigenvalue weighted by Gasteiger charge is -2.19. The molecule has 0 amide bonds. The molecule has 5 heteroatoms. The summed E-state index contributed by atoms with van der Waals surface area (Å²) in [6.45, 7) is 6.65. The Hall–Kier alpha value is -2.95. The zero-order valence-electron chi connectivity index (χ0n) is 16.0. The van der Waals surface area contributed by atoms with Gasteiger partial charge in [-0.15, -0.1) is 0 Å². The van der Waals surface area contributed by atoms with Gasteiger partial charge in [-0.25, -0.2) is 4.98 Å². The third kappa shape index (κ3) is 4.42. The number of anilines is 3. The molecule has 1 fully saturated rings. The minimum absolute atomic E-state index is 0.141. The molecule has 0 saturated heterocycles.